The molecule has 3 aliphatic rings. The van der Waals surface area contributed by atoms with Gasteiger partial charge < -0.3 is 20.6 Å². The van der Waals surface area contributed by atoms with Crippen molar-refractivity contribution in [3.63, 3.8) is 0 Å². The molecule has 1 aliphatic carbocycles. The number of aliphatic hydroxyl groups excluding tert-OH is 1. The molecule has 8 nitrogen and oxygen atoms in total. The molecule has 4 heterocycles. The average molecular weight is 470 g/mol. The molecule has 2 aliphatic heterocycles. The van der Waals surface area contributed by atoms with Gasteiger partial charge in [-0.1, -0.05) is 0 Å². The van der Waals surface area contributed by atoms with Crippen molar-refractivity contribution in [2.24, 2.45) is 0 Å². The van der Waals surface area contributed by atoms with E-state index >= 15 is 0 Å². The number of amides is 2. The maximum atomic E-state index is 13.7. The van der Waals surface area contributed by atoms with Crippen LogP contribution in [0.5, 0.6) is 0 Å². The van der Waals surface area contributed by atoms with Gasteiger partial charge in [0.25, 0.3) is 11.8 Å². The molecule has 1 saturated carbocycles. The van der Waals surface area contributed by atoms with Crippen molar-refractivity contribution in [1.29, 1.82) is 0 Å². The van der Waals surface area contributed by atoms with Gasteiger partial charge in [-0.15, -0.1) is 11.3 Å². The summed E-state index contributed by atoms with van der Waals surface area (Å²) in [5.74, 6) is 0.355. The number of rotatable bonds is 6. The van der Waals surface area contributed by atoms with Gasteiger partial charge in [0.15, 0.2) is 5.01 Å². The third-order valence-electron chi connectivity index (χ3n) is 7.06. The van der Waals surface area contributed by atoms with E-state index in [-0.39, 0.29) is 41.0 Å². The van der Waals surface area contributed by atoms with Gasteiger partial charge in [-0.2, -0.15) is 0 Å². The van der Waals surface area contributed by atoms with Crippen molar-refractivity contribution in [3.8, 4) is 10.4 Å². The smallest absolute Gasteiger partial charge is 0.280 e. The van der Waals surface area contributed by atoms with E-state index < -0.39 is 6.10 Å². The summed E-state index contributed by atoms with van der Waals surface area (Å²) in [6.45, 7) is 6.10. The molecule has 2 aromatic rings. The lowest BCUT2D eigenvalue weighted by molar-refractivity contribution is 0.0447. The standard InChI is InChI=1S/C24H31N5O3S/c1-12(2)26-19-10-13(3)16(11-25-19)21-20(24(32)29-14-4-5-15(29)7-6-14)28-23(33-21)22(31)27-17-8-9-18(17)30/h10-12,14-15,17-18,30H,4-9H2,1-3H3,(H,25,26)(H,27,31)/t14?,15?,17?,18-/m0/s1. The SMILES string of the molecule is Cc1cc(NC(C)C)ncc1-c1sc(C(=O)NC2CC[C@@H]2O)nc1C(=O)N1C2CCC1CC2. The first-order chi connectivity index (χ1) is 15.8. The van der Waals surface area contributed by atoms with Crippen LogP contribution in [0.3, 0.4) is 0 Å². The highest BCUT2D eigenvalue weighted by Gasteiger charge is 2.44. The lowest BCUT2D eigenvalue weighted by atomic mass is 9.89. The molecule has 0 aromatic carbocycles. The Hall–Kier alpha value is -2.52. The van der Waals surface area contributed by atoms with E-state index in [9.17, 15) is 14.7 Å². The first-order valence-corrected chi connectivity index (χ1v) is 12.7. The van der Waals surface area contributed by atoms with Gasteiger partial charge in [-0.3, -0.25) is 9.59 Å². The van der Waals surface area contributed by atoms with E-state index in [0.29, 0.717) is 17.0 Å². The van der Waals surface area contributed by atoms with Gasteiger partial charge in [0.1, 0.15) is 11.5 Å². The molecule has 2 bridgehead atoms. The van der Waals surface area contributed by atoms with Gasteiger partial charge in [0.2, 0.25) is 0 Å². The predicted octanol–water partition coefficient (Wildman–Crippen LogP) is 3.35. The molecule has 0 spiro atoms. The topological polar surface area (TPSA) is 107 Å². The number of pyridine rings is 1. The minimum atomic E-state index is -0.512. The van der Waals surface area contributed by atoms with E-state index in [1.165, 1.54) is 11.3 Å². The Bertz CT molecular complexity index is 1060. The molecule has 9 heteroatoms. The fraction of sp³-hybridized carbons (Fsp3) is 0.583. The lowest BCUT2D eigenvalue weighted by Crippen LogP contribution is -2.50. The highest BCUT2D eigenvalue weighted by atomic mass is 32.1. The zero-order chi connectivity index (χ0) is 23.3. The van der Waals surface area contributed by atoms with Crippen LogP contribution in [0.4, 0.5) is 5.82 Å². The van der Waals surface area contributed by atoms with E-state index in [4.69, 9.17) is 0 Å². The summed E-state index contributed by atoms with van der Waals surface area (Å²) >= 11 is 1.23. The van der Waals surface area contributed by atoms with E-state index in [1.807, 2.05) is 17.9 Å². The number of anilines is 1. The van der Waals surface area contributed by atoms with Crippen LogP contribution in [0.25, 0.3) is 10.4 Å². The Morgan fingerprint density at radius 1 is 1.15 bits per heavy atom. The predicted molar refractivity (Wildman–Crippen MR) is 128 cm³/mol. The molecule has 2 amide bonds. The fourth-order valence-corrected chi connectivity index (χ4v) is 6.20. The number of aryl methyl sites for hydroxylation is 1. The number of hydrogen-bond acceptors (Lipinski definition) is 7. The summed E-state index contributed by atoms with van der Waals surface area (Å²) in [6.07, 6.45) is 6.86. The summed E-state index contributed by atoms with van der Waals surface area (Å²) in [6, 6.07) is 2.52. The number of aliphatic hydroxyl groups is 1. The number of carbonyl (C=O) groups is 2. The molecular formula is C24H31N5O3S. The number of thiazole rings is 1. The van der Waals surface area contributed by atoms with E-state index in [2.05, 4.69) is 34.4 Å². The Balaban J connectivity index is 1.50. The van der Waals surface area contributed by atoms with Crippen LogP contribution in [0.15, 0.2) is 12.3 Å². The van der Waals surface area contributed by atoms with Gasteiger partial charge in [0.05, 0.1) is 17.0 Å². The van der Waals surface area contributed by atoms with E-state index in [1.54, 1.807) is 6.20 Å². The maximum Gasteiger partial charge on any atom is 0.280 e. The molecule has 33 heavy (non-hydrogen) atoms. The number of carbonyl (C=O) groups excluding carboxylic acids is 2. The number of hydrogen-bond donors (Lipinski definition) is 3. The van der Waals surface area contributed by atoms with Crippen molar-refractivity contribution in [3.05, 3.63) is 28.5 Å². The van der Waals surface area contributed by atoms with Crippen LogP contribution in [-0.4, -0.2) is 62.1 Å². The highest BCUT2D eigenvalue weighted by Crippen LogP contribution is 2.41. The second-order valence-corrected chi connectivity index (χ2v) is 10.8. The summed E-state index contributed by atoms with van der Waals surface area (Å²) in [4.78, 5) is 38.4. The van der Waals surface area contributed by atoms with Crippen molar-refractivity contribution >= 4 is 29.0 Å². The zero-order valence-corrected chi connectivity index (χ0v) is 20.1. The van der Waals surface area contributed by atoms with E-state index in [0.717, 1.165) is 49.0 Å². The molecule has 176 valence electrons. The van der Waals surface area contributed by atoms with Crippen LogP contribution in [0, 0.1) is 6.92 Å². The summed E-state index contributed by atoms with van der Waals surface area (Å²) in [7, 11) is 0. The zero-order valence-electron chi connectivity index (χ0n) is 19.3. The van der Waals surface area contributed by atoms with Crippen LogP contribution in [0.1, 0.15) is 78.2 Å². The monoisotopic (exact) mass is 469 g/mol. The molecule has 3 fully saturated rings. The molecule has 3 N–H and O–H groups in total. The Kier molecular flexibility index (Phi) is 5.86. The third-order valence-corrected chi connectivity index (χ3v) is 8.15. The Morgan fingerprint density at radius 3 is 2.39 bits per heavy atom. The summed E-state index contributed by atoms with van der Waals surface area (Å²) in [5, 5.41) is 16.3. The average Bonchev–Trinajstić information content (AvgIpc) is 3.50. The van der Waals surface area contributed by atoms with Gasteiger partial charge in [0, 0.05) is 29.9 Å². The fourth-order valence-electron chi connectivity index (χ4n) is 5.16. The van der Waals surface area contributed by atoms with Crippen LogP contribution < -0.4 is 10.6 Å². The molecule has 1 unspecified atom stereocenters. The molecule has 2 aromatic heterocycles. The number of nitrogens with zero attached hydrogens (tertiary/aromatic N) is 3. The van der Waals surface area contributed by atoms with Crippen LogP contribution in [0.2, 0.25) is 0 Å². The van der Waals surface area contributed by atoms with Crippen LogP contribution >= 0.6 is 11.3 Å². The second-order valence-electron chi connectivity index (χ2n) is 9.78. The second kappa shape index (κ2) is 8.68. The van der Waals surface area contributed by atoms with Gasteiger partial charge in [-0.05, 0) is 70.9 Å². The maximum absolute atomic E-state index is 13.7. The number of aromatic nitrogens is 2. The Labute approximate surface area is 197 Å². The Morgan fingerprint density at radius 2 is 1.85 bits per heavy atom. The highest BCUT2D eigenvalue weighted by molar-refractivity contribution is 7.17. The normalized spacial score (nSPS) is 25.9. The van der Waals surface area contributed by atoms with Crippen molar-refractivity contribution in [1.82, 2.24) is 20.2 Å². The van der Waals surface area contributed by atoms with Crippen molar-refractivity contribution in [2.45, 2.75) is 89.6 Å². The molecular weight excluding hydrogens is 438 g/mol. The number of nitrogens with one attached hydrogen (secondary N) is 2. The summed E-state index contributed by atoms with van der Waals surface area (Å²) in [5.41, 5.74) is 2.13. The largest absolute Gasteiger partial charge is 0.391 e. The first-order valence-electron chi connectivity index (χ1n) is 11.9. The minimum absolute atomic E-state index is 0.0854. The molecule has 2 saturated heterocycles. The lowest BCUT2D eigenvalue weighted by Gasteiger charge is -2.32. The summed E-state index contributed by atoms with van der Waals surface area (Å²) < 4.78 is 0. The minimum Gasteiger partial charge on any atom is -0.391 e. The van der Waals surface area contributed by atoms with Gasteiger partial charge >= 0.3 is 0 Å². The van der Waals surface area contributed by atoms with Gasteiger partial charge in [-0.25, -0.2) is 9.97 Å². The van der Waals surface area contributed by atoms with Crippen molar-refractivity contribution in [2.75, 3.05) is 5.32 Å². The molecule has 2 atom stereocenters. The third kappa shape index (κ3) is 4.12. The van der Waals surface area contributed by atoms with Crippen LogP contribution in [-0.2, 0) is 0 Å². The molecule has 0 radical (unpaired) electrons. The van der Waals surface area contributed by atoms with Crippen molar-refractivity contribution < 1.29 is 14.7 Å². The number of fused-ring (bicyclic) bond motifs is 2. The molecule has 5 rings (SSSR count). The first kappa shape index (κ1) is 22.3. The quantitative estimate of drug-likeness (QED) is 0.599.